The molecule has 1 aromatic heterocycles. The van der Waals surface area contributed by atoms with Crippen molar-refractivity contribution in [3.8, 4) is 0 Å². The van der Waals surface area contributed by atoms with Gasteiger partial charge in [0.05, 0.1) is 11.6 Å². The highest BCUT2D eigenvalue weighted by atomic mass is 19.1. The van der Waals surface area contributed by atoms with E-state index in [-0.39, 0.29) is 29.2 Å². The molecule has 1 fully saturated rings. The van der Waals surface area contributed by atoms with Crippen LogP contribution < -0.4 is 16.4 Å². The molecule has 1 aliphatic rings. The van der Waals surface area contributed by atoms with Gasteiger partial charge in [0.2, 0.25) is 5.82 Å². The Morgan fingerprint density at radius 2 is 2.03 bits per heavy atom. The van der Waals surface area contributed by atoms with Crippen LogP contribution in [0.25, 0.3) is 10.9 Å². The van der Waals surface area contributed by atoms with Crippen molar-refractivity contribution in [2.75, 3.05) is 25.1 Å². The number of hydrogen-bond donors (Lipinski definition) is 3. The van der Waals surface area contributed by atoms with E-state index in [1.165, 1.54) is 12.1 Å². The van der Waals surface area contributed by atoms with Gasteiger partial charge in [-0.05, 0) is 43.4 Å². The Morgan fingerprint density at radius 1 is 1.27 bits per heavy atom. The minimum Gasteiger partial charge on any atom is -0.386 e. The minimum absolute atomic E-state index is 0.0487. The zero-order chi connectivity index (χ0) is 24.0. The number of anilines is 1. The first-order valence-electron chi connectivity index (χ1n) is 11.6. The van der Waals surface area contributed by atoms with E-state index in [1.54, 1.807) is 6.07 Å². The Balaban J connectivity index is 1.91. The largest absolute Gasteiger partial charge is 0.386 e. The van der Waals surface area contributed by atoms with Crippen LogP contribution in [-0.2, 0) is 4.74 Å². The third kappa shape index (κ3) is 7.08. The second kappa shape index (κ2) is 10.9. The standard InChI is InChI=1S/C24H35FN6O2/c1-5-33-13-20(26)28-18-8-6-7-9-19(18)30-21-16-12-15(25)10-11-17(16)29-22(31-21)23(32)27-14-24(2,3)4/h10-12,18-19H,5-9,13-14H2,1-4H3,(H2,26,28)(H,27,32)(H,29,30,31)/t18-,19+/m1/s1. The van der Waals surface area contributed by atoms with Crippen LogP contribution in [0.15, 0.2) is 23.2 Å². The minimum atomic E-state index is -0.391. The van der Waals surface area contributed by atoms with E-state index in [0.717, 1.165) is 25.7 Å². The van der Waals surface area contributed by atoms with Gasteiger partial charge in [0.15, 0.2) is 0 Å². The molecule has 3 rings (SSSR count). The SMILES string of the molecule is CCOCC(N)=N[C@@H]1CCCC[C@@H]1Nc1nc(C(=O)NCC(C)(C)C)nc2ccc(F)cc12. The van der Waals surface area contributed by atoms with Crippen LogP contribution in [0.2, 0.25) is 0 Å². The third-order valence-electron chi connectivity index (χ3n) is 5.48. The van der Waals surface area contributed by atoms with E-state index in [2.05, 4.69) is 25.6 Å². The molecule has 33 heavy (non-hydrogen) atoms. The second-order valence-corrected chi connectivity index (χ2v) is 9.66. The van der Waals surface area contributed by atoms with Crippen molar-refractivity contribution in [2.24, 2.45) is 16.1 Å². The van der Waals surface area contributed by atoms with Gasteiger partial charge in [0.25, 0.3) is 5.91 Å². The first-order chi connectivity index (χ1) is 15.7. The first kappa shape index (κ1) is 24.8. The molecule has 0 spiro atoms. The zero-order valence-electron chi connectivity index (χ0n) is 19.9. The number of nitrogens with one attached hydrogen (secondary N) is 2. The predicted octanol–water partition coefficient (Wildman–Crippen LogP) is 3.66. The van der Waals surface area contributed by atoms with Crippen LogP contribution in [0.4, 0.5) is 10.2 Å². The Kier molecular flexibility index (Phi) is 8.18. The van der Waals surface area contributed by atoms with E-state index in [4.69, 9.17) is 10.5 Å². The molecule has 0 radical (unpaired) electrons. The molecule has 4 N–H and O–H groups in total. The Morgan fingerprint density at radius 3 is 2.76 bits per heavy atom. The van der Waals surface area contributed by atoms with Crippen molar-refractivity contribution < 1.29 is 13.9 Å². The number of fused-ring (bicyclic) bond motifs is 1. The fraction of sp³-hybridized carbons (Fsp3) is 0.583. The predicted molar refractivity (Wildman–Crippen MR) is 129 cm³/mol. The topological polar surface area (TPSA) is 115 Å². The zero-order valence-corrected chi connectivity index (χ0v) is 19.9. The lowest BCUT2D eigenvalue weighted by Crippen LogP contribution is -2.38. The number of amides is 1. The molecule has 1 amide bonds. The number of carbonyl (C=O) groups excluding carboxylic acids is 1. The molecule has 0 unspecified atom stereocenters. The molecule has 180 valence electrons. The summed E-state index contributed by atoms with van der Waals surface area (Å²) in [6.45, 7) is 9.35. The number of rotatable bonds is 8. The van der Waals surface area contributed by atoms with Gasteiger partial charge in [-0.3, -0.25) is 9.79 Å². The lowest BCUT2D eigenvalue weighted by atomic mass is 9.90. The Labute approximate surface area is 194 Å². The van der Waals surface area contributed by atoms with Gasteiger partial charge in [-0.15, -0.1) is 0 Å². The summed E-state index contributed by atoms with van der Waals surface area (Å²) in [6.07, 6.45) is 3.82. The molecule has 1 aromatic carbocycles. The highest BCUT2D eigenvalue weighted by Gasteiger charge is 2.27. The molecule has 2 atom stereocenters. The van der Waals surface area contributed by atoms with Crippen LogP contribution in [0.5, 0.6) is 0 Å². The number of ether oxygens (including phenoxy) is 1. The Hall–Kier alpha value is -2.81. The van der Waals surface area contributed by atoms with Gasteiger partial charge in [-0.25, -0.2) is 14.4 Å². The maximum Gasteiger partial charge on any atom is 0.289 e. The fourth-order valence-electron chi connectivity index (χ4n) is 3.80. The number of amidine groups is 1. The monoisotopic (exact) mass is 458 g/mol. The highest BCUT2D eigenvalue weighted by Crippen LogP contribution is 2.28. The fourth-order valence-corrected chi connectivity index (χ4v) is 3.80. The number of nitrogens with zero attached hydrogens (tertiary/aromatic N) is 3. The smallest absolute Gasteiger partial charge is 0.289 e. The summed E-state index contributed by atoms with van der Waals surface area (Å²) in [6, 6.07) is 4.17. The molecular weight excluding hydrogens is 423 g/mol. The summed E-state index contributed by atoms with van der Waals surface area (Å²) >= 11 is 0. The quantitative estimate of drug-likeness (QED) is 0.411. The van der Waals surface area contributed by atoms with Crippen molar-refractivity contribution in [3.63, 3.8) is 0 Å². The lowest BCUT2D eigenvalue weighted by Gasteiger charge is -2.30. The normalized spacial score (nSPS) is 19.5. The van der Waals surface area contributed by atoms with Crippen molar-refractivity contribution in [2.45, 2.75) is 65.5 Å². The molecular formula is C24H35FN6O2. The highest BCUT2D eigenvalue weighted by molar-refractivity contribution is 5.96. The van der Waals surface area contributed by atoms with Gasteiger partial charge in [0.1, 0.15) is 24.1 Å². The van der Waals surface area contributed by atoms with Crippen LogP contribution in [0.1, 0.15) is 64.0 Å². The lowest BCUT2D eigenvalue weighted by molar-refractivity contribution is 0.0929. The number of carbonyl (C=O) groups is 1. The first-order valence-corrected chi connectivity index (χ1v) is 11.6. The van der Waals surface area contributed by atoms with E-state index in [0.29, 0.717) is 42.3 Å². The molecule has 1 aliphatic carbocycles. The van der Waals surface area contributed by atoms with Crippen molar-refractivity contribution in [1.82, 2.24) is 15.3 Å². The van der Waals surface area contributed by atoms with E-state index < -0.39 is 5.82 Å². The number of aliphatic imine (C=N–C) groups is 1. The average molecular weight is 459 g/mol. The molecule has 0 aliphatic heterocycles. The number of halogens is 1. The molecule has 9 heteroatoms. The van der Waals surface area contributed by atoms with E-state index in [9.17, 15) is 9.18 Å². The number of nitrogens with two attached hydrogens (primary N) is 1. The second-order valence-electron chi connectivity index (χ2n) is 9.66. The molecule has 0 bridgehead atoms. The third-order valence-corrected chi connectivity index (χ3v) is 5.48. The van der Waals surface area contributed by atoms with Crippen LogP contribution in [0.3, 0.4) is 0 Å². The molecule has 2 aromatic rings. The van der Waals surface area contributed by atoms with Crippen LogP contribution in [-0.4, -0.2) is 53.6 Å². The average Bonchev–Trinajstić information content (AvgIpc) is 2.77. The number of hydrogen-bond acceptors (Lipinski definition) is 6. The maximum atomic E-state index is 14.1. The Bertz CT molecular complexity index is 1000. The van der Waals surface area contributed by atoms with Gasteiger partial charge < -0.3 is 21.1 Å². The molecule has 0 saturated heterocycles. The van der Waals surface area contributed by atoms with E-state index in [1.807, 2.05) is 27.7 Å². The van der Waals surface area contributed by atoms with Crippen LogP contribution in [0, 0.1) is 11.2 Å². The molecule has 8 nitrogen and oxygen atoms in total. The maximum absolute atomic E-state index is 14.1. The van der Waals surface area contributed by atoms with Crippen molar-refractivity contribution >= 4 is 28.5 Å². The number of benzene rings is 1. The van der Waals surface area contributed by atoms with Gasteiger partial charge in [-0.1, -0.05) is 33.6 Å². The summed E-state index contributed by atoms with van der Waals surface area (Å²) in [5.41, 5.74) is 6.48. The van der Waals surface area contributed by atoms with Crippen molar-refractivity contribution in [1.29, 1.82) is 0 Å². The van der Waals surface area contributed by atoms with Crippen molar-refractivity contribution in [3.05, 3.63) is 29.8 Å². The van der Waals surface area contributed by atoms with Gasteiger partial charge in [0, 0.05) is 24.6 Å². The summed E-state index contributed by atoms with van der Waals surface area (Å²) in [5.74, 6) is 0.177. The molecule has 1 saturated carbocycles. The van der Waals surface area contributed by atoms with Gasteiger partial charge >= 0.3 is 0 Å². The number of aromatic nitrogens is 2. The summed E-state index contributed by atoms with van der Waals surface area (Å²) in [5, 5.41) is 6.84. The van der Waals surface area contributed by atoms with Gasteiger partial charge in [-0.2, -0.15) is 0 Å². The van der Waals surface area contributed by atoms with Crippen LogP contribution >= 0.6 is 0 Å². The summed E-state index contributed by atoms with van der Waals surface area (Å²) < 4.78 is 19.4. The molecule has 1 heterocycles. The summed E-state index contributed by atoms with van der Waals surface area (Å²) in [7, 11) is 0. The van der Waals surface area contributed by atoms with E-state index >= 15 is 0 Å². The summed E-state index contributed by atoms with van der Waals surface area (Å²) in [4.78, 5) is 26.3.